The topological polar surface area (TPSA) is 54.4 Å². The van der Waals surface area contributed by atoms with Gasteiger partial charge in [-0.1, -0.05) is 6.07 Å². The fraction of sp³-hybridized carbons (Fsp3) is 0.111. The molecule has 0 aliphatic carbocycles. The monoisotopic (exact) mass is 508 g/mol. The maximum atomic E-state index is 13.6. The van der Waals surface area contributed by atoms with Crippen LogP contribution in [-0.4, -0.2) is 23.0 Å². The van der Waals surface area contributed by atoms with Crippen LogP contribution in [0.4, 0.5) is 17.6 Å². The predicted molar refractivity (Wildman–Crippen MR) is 98.3 cm³/mol. The number of alkyl halides is 3. The SMILES string of the molecule is Cc1cc(C(=O)C=C(c2cc(Br)c(F)c(Br)c2)C(F)(F)F)ccc1C(=O)O. The van der Waals surface area contributed by atoms with Crippen LogP contribution in [0.2, 0.25) is 0 Å². The zero-order valence-corrected chi connectivity index (χ0v) is 16.7. The van der Waals surface area contributed by atoms with Crippen molar-refractivity contribution in [3.8, 4) is 0 Å². The van der Waals surface area contributed by atoms with E-state index in [0.29, 0.717) is 6.08 Å². The van der Waals surface area contributed by atoms with Crippen LogP contribution in [0.1, 0.15) is 31.8 Å². The minimum atomic E-state index is -4.87. The molecule has 0 heterocycles. The second kappa shape index (κ2) is 7.93. The van der Waals surface area contributed by atoms with Gasteiger partial charge in [0.05, 0.1) is 20.1 Å². The molecule has 9 heteroatoms. The summed E-state index contributed by atoms with van der Waals surface area (Å²) in [6.45, 7) is 1.43. The number of rotatable bonds is 4. The van der Waals surface area contributed by atoms with Gasteiger partial charge in [0.25, 0.3) is 0 Å². The van der Waals surface area contributed by atoms with Gasteiger partial charge in [0.2, 0.25) is 0 Å². The Balaban J connectivity index is 2.55. The molecule has 0 amide bonds. The fourth-order valence-corrected chi connectivity index (χ4v) is 3.50. The van der Waals surface area contributed by atoms with Gasteiger partial charge in [-0.05, 0) is 80.3 Å². The van der Waals surface area contributed by atoms with E-state index < -0.39 is 34.9 Å². The zero-order chi connectivity index (χ0) is 20.5. The lowest BCUT2D eigenvalue weighted by molar-refractivity contribution is -0.0690. The molecule has 0 unspecified atom stereocenters. The Morgan fingerprint density at radius 2 is 1.59 bits per heavy atom. The normalized spacial score (nSPS) is 12.2. The fourth-order valence-electron chi connectivity index (χ4n) is 2.31. The van der Waals surface area contributed by atoms with E-state index in [1.54, 1.807) is 0 Å². The van der Waals surface area contributed by atoms with Crippen LogP contribution in [0, 0.1) is 12.7 Å². The van der Waals surface area contributed by atoms with Gasteiger partial charge in [-0.25, -0.2) is 9.18 Å². The minimum Gasteiger partial charge on any atom is -0.478 e. The van der Waals surface area contributed by atoms with Crippen molar-refractivity contribution in [1.82, 2.24) is 0 Å². The molecule has 0 fully saturated rings. The molecule has 2 aromatic carbocycles. The number of aryl methyl sites for hydroxylation is 1. The Hall–Kier alpha value is -2.00. The summed E-state index contributed by atoms with van der Waals surface area (Å²) in [6, 6.07) is 5.33. The van der Waals surface area contributed by atoms with Crippen LogP contribution >= 0.6 is 31.9 Å². The molecular weight excluding hydrogens is 500 g/mol. The first kappa shape index (κ1) is 21.3. The van der Waals surface area contributed by atoms with Gasteiger partial charge in [0.15, 0.2) is 11.6 Å². The minimum absolute atomic E-state index is 0.0574. The highest BCUT2D eigenvalue weighted by molar-refractivity contribution is 9.11. The zero-order valence-electron chi connectivity index (χ0n) is 13.5. The van der Waals surface area contributed by atoms with Gasteiger partial charge in [-0.15, -0.1) is 0 Å². The molecule has 0 aliphatic rings. The second-order valence-corrected chi connectivity index (χ2v) is 7.22. The molecule has 2 rings (SSSR count). The van der Waals surface area contributed by atoms with Crippen LogP contribution in [0.5, 0.6) is 0 Å². The second-order valence-electron chi connectivity index (χ2n) is 5.51. The van der Waals surface area contributed by atoms with Crippen LogP contribution in [0.15, 0.2) is 45.4 Å². The predicted octanol–water partition coefficient (Wildman–Crippen LogP) is 6.19. The van der Waals surface area contributed by atoms with Gasteiger partial charge in [-0.3, -0.25) is 4.79 Å². The Labute approximate surface area is 168 Å². The molecular formula is C18H10Br2F4O3. The number of carbonyl (C=O) groups excluding carboxylic acids is 1. The summed E-state index contributed by atoms with van der Waals surface area (Å²) in [4.78, 5) is 23.3. The van der Waals surface area contributed by atoms with E-state index in [4.69, 9.17) is 5.11 Å². The lowest BCUT2D eigenvalue weighted by atomic mass is 9.99. The Morgan fingerprint density at radius 1 is 1.04 bits per heavy atom. The van der Waals surface area contributed by atoms with E-state index >= 15 is 0 Å². The van der Waals surface area contributed by atoms with E-state index in [0.717, 1.165) is 24.3 Å². The number of carbonyl (C=O) groups is 2. The number of ketones is 1. The molecule has 142 valence electrons. The summed E-state index contributed by atoms with van der Waals surface area (Å²) in [7, 11) is 0. The van der Waals surface area contributed by atoms with Crippen molar-refractivity contribution in [3.63, 3.8) is 0 Å². The number of hydrogen-bond donors (Lipinski definition) is 1. The van der Waals surface area contributed by atoms with E-state index in [2.05, 4.69) is 31.9 Å². The number of hydrogen-bond acceptors (Lipinski definition) is 2. The number of halogens is 6. The number of benzene rings is 2. The number of carboxylic acids is 1. The lowest BCUT2D eigenvalue weighted by Crippen LogP contribution is -2.13. The maximum Gasteiger partial charge on any atom is 0.417 e. The van der Waals surface area contributed by atoms with Gasteiger partial charge < -0.3 is 5.11 Å². The molecule has 2 aromatic rings. The average molecular weight is 510 g/mol. The molecule has 0 aliphatic heterocycles. The molecule has 0 spiro atoms. The molecule has 1 N–H and O–H groups in total. The summed E-state index contributed by atoms with van der Waals surface area (Å²) >= 11 is 5.67. The first-order valence-electron chi connectivity index (χ1n) is 7.24. The maximum absolute atomic E-state index is 13.6. The lowest BCUT2D eigenvalue weighted by Gasteiger charge is -2.13. The third-order valence-electron chi connectivity index (χ3n) is 3.62. The van der Waals surface area contributed by atoms with Gasteiger partial charge in [0, 0.05) is 5.56 Å². The van der Waals surface area contributed by atoms with Crippen LogP contribution in [0.25, 0.3) is 5.57 Å². The van der Waals surface area contributed by atoms with Crippen molar-refractivity contribution >= 4 is 49.2 Å². The summed E-state index contributed by atoms with van der Waals surface area (Å²) in [5, 5.41) is 8.99. The molecule has 3 nitrogen and oxygen atoms in total. The van der Waals surface area contributed by atoms with Gasteiger partial charge in [0.1, 0.15) is 0 Å². The molecule has 0 saturated carbocycles. The van der Waals surface area contributed by atoms with Crippen LogP contribution in [-0.2, 0) is 0 Å². The molecule has 0 aromatic heterocycles. The molecule has 0 atom stereocenters. The quantitative estimate of drug-likeness (QED) is 0.231. The number of carboxylic acid groups (broad SMARTS) is 1. The average Bonchev–Trinajstić information content (AvgIpc) is 2.55. The molecule has 27 heavy (non-hydrogen) atoms. The Kier molecular flexibility index (Phi) is 6.26. The number of allylic oxidation sites excluding steroid dienone is 2. The van der Waals surface area contributed by atoms with Crippen molar-refractivity contribution in [2.24, 2.45) is 0 Å². The summed E-state index contributed by atoms with van der Waals surface area (Å²) in [5.74, 6) is -2.94. The largest absolute Gasteiger partial charge is 0.478 e. The Morgan fingerprint density at radius 3 is 2.04 bits per heavy atom. The van der Waals surface area contributed by atoms with Crippen molar-refractivity contribution in [3.05, 3.63) is 73.4 Å². The van der Waals surface area contributed by atoms with Gasteiger partial charge >= 0.3 is 12.1 Å². The summed E-state index contributed by atoms with van der Waals surface area (Å²) in [6.07, 6.45) is -4.47. The van der Waals surface area contributed by atoms with Crippen LogP contribution in [0.3, 0.4) is 0 Å². The third-order valence-corrected chi connectivity index (χ3v) is 4.77. The first-order chi connectivity index (χ1) is 12.4. The molecule has 0 radical (unpaired) electrons. The number of aromatic carboxylic acids is 1. The Bertz CT molecular complexity index is 943. The smallest absolute Gasteiger partial charge is 0.417 e. The summed E-state index contributed by atoms with van der Waals surface area (Å²) < 4.78 is 53.7. The van der Waals surface area contributed by atoms with E-state index in [9.17, 15) is 27.2 Å². The molecule has 0 saturated heterocycles. The van der Waals surface area contributed by atoms with Crippen molar-refractivity contribution in [2.45, 2.75) is 13.1 Å². The standard InChI is InChI=1S/C18H10Br2F4O3/c1-8-4-9(2-3-11(8)17(26)27)15(25)7-12(18(22,23)24)10-5-13(19)16(21)14(20)6-10/h2-7H,1H3,(H,26,27). The highest BCUT2D eigenvalue weighted by Gasteiger charge is 2.36. The van der Waals surface area contributed by atoms with E-state index in [-0.39, 0.29) is 25.6 Å². The highest BCUT2D eigenvalue weighted by Crippen LogP contribution is 2.37. The van der Waals surface area contributed by atoms with Crippen molar-refractivity contribution < 1.29 is 32.3 Å². The third kappa shape index (κ3) is 4.84. The van der Waals surface area contributed by atoms with E-state index in [1.165, 1.54) is 13.0 Å². The van der Waals surface area contributed by atoms with Gasteiger partial charge in [-0.2, -0.15) is 13.2 Å². The highest BCUT2D eigenvalue weighted by atomic mass is 79.9. The summed E-state index contributed by atoms with van der Waals surface area (Å²) in [5.41, 5.74) is -1.58. The van der Waals surface area contributed by atoms with Crippen LogP contribution < -0.4 is 0 Å². The van der Waals surface area contributed by atoms with Crippen molar-refractivity contribution in [2.75, 3.05) is 0 Å². The first-order valence-corrected chi connectivity index (χ1v) is 8.82. The van der Waals surface area contributed by atoms with E-state index in [1.807, 2.05) is 0 Å². The van der Waals surface area contributed by atoms with Crippen molar-refractivity contribution in [1.29, 1.82) is 0 Å². The molecule has 0 bridgehead atoms.